The summed E-state index contributed by atoms with van der Waals surface area (Å²) in [5.41, 5.74) is -0.546. The fourth-order valence-electron chi connectivity index (χ4n) is 3.17. The number of pyridine rings is 2. The molecule has 4 rings (SSSR count). The summed E-state index contributed by atoms with van der Waals surface area (Å²) in [6.07, 6.45) is 1.13. The van der Waals surface area contributed by atoms with Gasteiger partial charge in [-0.15, -0.1) is 0 Å². The van der Waals surface area contributed by atoms with Gasteiger partial charge >= 0.3 is 0 Å². The second kappa shape index (κ2) is 8.86. The zero-order valence-electron chi connectivity index (χ0n) is 16.0. The van der Waals surface area contributed by atoms with Gasteiger partial charge in [0.05, 0.1) is 11.1 Å². The van der Waals surface area contributed by atoms with Gasteiger partial charge in [0.1, 0.15) is 28.0 Å². The van der Waals surface area contributed by atoms with E-state index in [1.165, 1.54) is 22.8 Å². The maximum Gasteiger partial charge on any atom is 0.257 e. The van der Waals surface area contributed by atoms with Crippen LogP contribution in [0.2, 0.25) is 15.2 Å². The van der Waals surface area contributed by atoms with Crippen LogP contribution in [-0.2, 0) is 6.54 Å². The number of hydrogen-bond acceptors (Lipinski definition) is 3. The SMILES string of the molecule is O=C(NCc1c(Cl)cccc1Cl)c1cn(-c2ccc(F)cc2F)c2nc(Cl)ccc2c1=O. The van der Waals surface area contributed by atoms with Crippen molar-refractivity contribution >= 4 is 51.7 Å². The van der Waals surface area contributed by atoms with Crippen molar-refractivity contribution in [3.05, 3.63) is 103 Å². The van der Waals surface area contributed by atoms with Crippen molar-refractivity contribution < 1.29 is 13.6 Å². The van der Waals surface area contributed by atoms with E-state index in [1.807, 2.05) is 0 Å². The third-order valence-electron chi connectivity index (χ3n) is 4.72. The number of amides is 1. The highest BCUT2D eigenvalue weighted by atomic mass is 35.5. The number of benzene rings is 2. The van der Waals surface area contributed by atoms with Gasteiger partial charge in [-0.2, -0.15) is 0 Å². The number of carbonyl (C=O) groups is 1. The van der Waals surface area contributed by atoms with Crippen molar-refractivity contribution in [2.75, 3.05) is 0 Å². The minimum Gasteiger partial charge on any atom is -0.348 e. The summed E-state index contributed by atoms with van der Waals surface area (Å²) in [6.45, 7) is -0.0431. The third-order valence-corrected chi connectivity index (χ3v) is 5.64. The maximum atomic E-state index is 14.5. The molecule has 0 bridgehead atoms. The number of nitrogens with zero attached hydrogens (tertiary/aromatic N) is 2. The van der Waals surface area contributed by atoms with Crippen LogP contribution in [0.25, 0.3) is 16.7 Å². The predicted molar refractivity (Wildman–Crippen MR) is 120 cm³/mol. The first-order chi connectivity index (χ1) is 15.3. The second-order valence-corrected chi connectivity index (χ2v) is 7.93. The number of nitrogens with one attached hydrogen (secondary N) is 1. The zero-order valence-corrected chi connectivity index (χ0v) is 18.3. The summed E-state index contributed by atoms with van der Waals surface area (Å²) in [5, 5.41) is 3.37. The fraction of sp³-hybridized carbons (Fsp3) is 0.0455. The number of fused-ring (bicyclic) bond motifs is 1. The van der Waals surface area contributed by atoms with Gasteiger partial charge in [0.2, 0.25) is 5.43 Å². The molecule has 0 spiro atoms. The first-order valence-electron chi connectivity index (χ1n) is 9.14. The number of carbonyl (C=O) groups excluding carboxylic acids is 1. The van der Waals surface area contributed by atoms with Gasteiger partial charge in [-0.1, -0.05) is 40.9 Å². The molecule has 2 heterocycles. The molecule has 0 radical (unpaired) electrons. The van der Waals surface area contributed by atoms with E-state index in [2.05, 4.69) is 10.3 Å². The Labute approximate surface area is 195 Å². The summed E-state index contributed by atoms with van der Waals surface area (Å²) >= 11 is 18.2. The van der Waals surface area contributed by atoms with Crippen molar-refractivity contribution in [1.82, 2.24) is 14.9 Å². The van der Waals surface area contributed by atoms with Gasteiger partial charge in [-0.25, -0.2) is 13.8 Å². The highest BCUT2D eigenvalue weighted by molar-refractivity contribution is 6.36. The van der Waals surface area contributed by atoms with E-state index in [4.69, 9.17) is 34.8 Å². The number of rotatable bonds is 4. The number of hydrogen-bond donors (Lipinski definition) is 1. The molecule has 0 aliphatic heterocycles. The standard InChI is InChI=1S/C22H12Cl3F2N3O2/c23-15-2-1-3-16(24)13(15)9-28-22(32)14-10-30(18-6-4-11(26)8-17(18)27)21-12(20(14)31)5-7-19(25)29-21/h1-8,10H,9H2,(H,28,32). The average Bonchev–Trinajstić information content (AvgIpc) is 2.74. The molecule has 1 N–H and O–H groups in total. The Kier molecular flexibility index (Phi) is 6.15. The molecule has 0 aliphatic carbocycles. The monoisotopic (exact) mass is 493 g/mol. The molecule has 10 heteroatoms. The maximum absolute atomic E-state index is 14.5. The first-order valence-corrected chi connectivity index (χ1v) is 10.3. The topological polar surface area (TPSA) is 64.0 Å². The van der Waals surface area contributed by atoms with E-state index >= 15 is 0 Å². The molecule has 4 aromatic rings. The molecule has 162 valence electrons. The lowest BCUT2D eigenvalue weighted by atomic mass is 10.1. The summed E-state index contributed by atoms with van der Waals surface area (Å²) in [7, 11) is 0. The van der Waals surface area contributed by atoms with Gasteiger partial charge < -0.3 is 5.32 Å². The zero-order chi connectivity index (χ0) is 23.0. The molecule has 5 nitrogen and oxygen atoms in total. The third kappa shape index (κ3) is 4.19. The smallest absolute Gasteiger partial charge is 0.257 e. The molecule has 0 saturated carbocycles. The summed E-state index contributed by atoms with van der Waals surface area (Å²) in [5.74, 6) is -2.43. The van der Waals surface area contributed by atoms with Crippen LogP contribution in [0.15, 0.2) is 59.5 Å². The lowest BCUT2D eigenvalue weighted by Gasteiger charge is -2.14. The normalized spacial score (nSPS) is 11.0. The van der Waals surface area contributed by atoms with Gasteiger partial charge in [-0.05, 0) is 36.4 Å². The van der Waals surface area contributed by atoms with E-state index in [-0.39, 0.29) is 34.0 Å². The second-order valence-electron chi connectivity index (χ2n) is 6.73. The van der Waals surface area contributed by atoms with Crippen LogP contribution in [0.5, 0.6) is 0 Å². The molecule has 2 aromatic heterocycles. The van der Waals surface area contributed by atoms with Crippen LogP contribution >= 0.6 is 34.8 Å². The van der Waals surface area contributed by atoms with Crippen molar-refractivity contribution in [3.8, 4) is 5.69 Å². The van der Waals surface area contributed by atoms with Crippen LogP contribution in [0, 0.1) is 11.6 Å². The molecule has 1 amide bonds. The van der Waals surface area contributed by atoms with Crippen LogP contribution < -0.4 is 10.7 Å². The van der Waals surface area contributed by atoms with Crippen molar-refractivity contribution in [2.45, 2.75) is 6.54 Å². The minimum absolute atomic E-state index is 0.0127. The summed E-state index contributed by atoms with van der Waals surface area (Å²) in [6, 6.07) is 10.6. The largest absolute Gasteiger partial charge is 0.348 e. The van der Waals surface area contributed by atoms with E-state index in [9.17, 15) is 18.4 Å². The molecule has 32 heavy (non-hydrogen) atoms. The van der Waals surface area contributed by atoms with E-state index < -0.39 is 23.0 Å². The quantitative estimate of drug-likeness (QED) is 0.378. The van der Waals surface area contributed by atoms with Gasteiger partial charge in [-0.3, -0.25) is 14.2 Å². The summed E-state index contributed by atoms with van der Waals surface area (Å²) < 4.78 is 29.1. The summed E-state index contributed by atoms with van der Waals surface area (Å²) in [4.78, 5) is 30.0. The Hall–Kier alpha value is -3.00. The van der Waals surface area contributed by atoms with Crippen molar-refractivity contribution in [3.63, 3.8) is 0 Å². The Bertz CT molecular complexity index is 1420. The Morgan fingerprint density at radius 2 is 1.75 bits per heavy atom. The number of aromatic nitrogens is 2. The van der Waals surface area contributed by atoms with Crippen molar-refractivity contribution in [2.24, 2.45) is 0 Å². The average molecular weight is 495 g/mol. The predicted octanol–water partition coefficient (Wildman–Crippen LogP) is 5.55. The molecular formula is C22H12Cl3F2N3O2. The molecule has 2 aromatic carbocycles. The molecular weight excluding hydrogens is 483 g/mol. The van der Waals surface area contributed by atoms with Crippen molar-refractivity contribution in [1.29, 1.82) is 0 Å². The van der Waals surface area contributed by atoms with Crippen LogP contribution in [-0.4, -0.2) is 15.5 Å². The first kappa shape index (κ1) is 22.2. The van der Waals surface area contributed by atoms with Gasteiger partial charge in [0.25, 0.3) is 5.91 Å². The van der Waals surface area contributed by atoms with Crippen LogP contribution in [0.3, 0.4) is 0 Å². The van der Waals surface area contributed by atoms with Gasteiger partial charge in [0, 0.05) is 34.4 Å². The van der Waals surface area contributed by atoms with E-state index in [1.54, 1.807) is 18.2 Å². The van der Waals surface area contributed by atoms with E-state index in [0.29, 0.717) is 21.7 Å². The Balaban J connectivity index is 1.83. The highest BCUT2D eigenvalue weighted by Gasteiger charge is 2.19. The minimum atomic E-state index is -0.911. The molecule has 0 unspecified atom stereocenters. The molecule has 0 saturated heterocycles. The highest BCUT2D eigenvalue weighted by Crippen LogP contribution is 2.24. The molecule has 0 aliphatic rings. The molecule has 0 fully saturated rings. The van der Waals surface area contributed by atoms with Crippen LogP contribution in [0.1, 0.15) is 15.9 Å². The lowest BCUT2D eigenvalue weighted by molar-refractivity contribution is 0.0949. The van der Waals surface area contributed by atoms with Crippen LogP contribution in [0.4, 0.5) is 8.78 Å². The Morgan fingerprint density at radius 3 is 2.44 bits per heavy atom. The number of halogens is 5. The fourth-order valence-corrected chi connectivity index (χ4v) is 3.84. The Morgan fingerprint density at radius 1 is 1.03 bits per heavy atom. The van der Waals surface area contributed by atoms with E-state index in [0.717, 1.165) is 12.3 Å². The molecule has 0 atom stereocenters. The lowest BCUT2D eigenvalue weighted by Crippen LogP contribution is -2.30. The van der Waals surface area contributed by atoms with Gasteiger partial charge in [0.15, 0.2) is 0 Å².